The first-order valence-corrected chi connectivity index (χ1v) is 10.4. The molecule has 1 aliphatic rings. The van der Waals surface area contributed by atoms with Crippen LogP contribution in [0.2, 0.25) is 0 Å². The molecule has 1 aliphatic heterocycles. The standard InChI is InChI=1S/C26H26N2O2/c1-3-18(2)19-13-15-22(16-14-19)27-25(29)24(20-9-5-4-6-10-20)28-17-21-11-7-8-12-23(21)26(28)30/h4-16,18,24H,3,17H2,1-2H3,(H,27,29). The number of nitrogens with zero attached hydrogens (tertiary/aromatic N) is 1. The zero-order chi connectivity index (χ0) is 21.1. The maximum absolute atomic E-state index is 13.4. The van der Waals surface area contributed by atoms with Crippen molar-refractivity contribution < 1.29 is 9.59 Å². The van der Waals surface area contributed by atoms with Crippen LogP contribution in [-0.4, -0.2) is 16.7 Å². The summed E-state index contributed by atoms with van der Waals surface area (Å²) in [5.41, 5.74) is 4.41. The van der Waals surface area contributed by atoms with Crippen molar-refractivity contribution in [2.24, 2.45) is 0 Å². The first kappa shape index (κ1) is 19.9. The molecular weight excluding hydrogens is 372 g/mol. The Hall–Kier alpha value is -3.40. The number of fused-ring (bicyclic) bond motifs is 1. The molecule has 0 radical (unpaired) electrons. The topological polar surface area (TPSA) is 49.4 Å². The third-order valence-corrected chi connectivity index (χ3v) is 5.88. The highest BCUT2D eigenvalue weighted by atomic mass is 16.2. The lowest BCUT2D eigenvalue weighted by Gasteiger charge is -2.27. The Bertz CT molecular complexity index is 1040. The van der Waals surface area contributed by atoms with Crippen molar-refractivity contribution in [3.8, 4) is 0 Å². The smallest absolute Gasteiger partial charge is 0.255 e. The second kappa shape index (κ2) is 8.54. The molecule has 2 amide bonds. The minimum atomic E-state index is -0.694. The van der Waals surface area contributed by atoms with Crippen molar-refractivity contribution in [2.75, 3.05) is 5.32 Å². The zero-order valence-corrected chi connectivity index (χ0v) is 17.3. The molecule has 1 heterocycles. The summed E-state index contributed by atoms with van der Waals surface area (Å²) < 4.78 is 0. The van der Waals surface area contributed by atoms with Gasteiger partial charge in [0.2, 0.25) is 0 Å². The normalized spacial score (nSPS) is 14.9. The van der Waals surface area contributed by atoms with Crippen LogP contribution in [0.3, 0.4) is 0 Å². The van der Waals surface area contributed by atoms with Gasteiger partial charge in [0.25, 0.3) is 11.8 Å². The number of carbonyl (C=O) groups is 2. The summed E-state index contributed by atoms with van der Waals surface area (Å²) in [6, 6.07) is 24.3. The SMILES string of the molecule is CCC(C)c1ccc(NC(=O)C(c2ccccc2)N2Cc3ccccc3C2=O)cc1. The summed E-state index contributed by atoms with van der Waals surface area (Å²) in [6.07, 6.45) is 1.07. The third kappa shape index (κ3) is 3.86. The highest BCUT2D eigenvalue weighted by Gasteiger charge is 2.37. The Labute approximate surface area is 177 Å². The van der Waals surface area contributed by atoms with Crippen LogP contribution in [0.15, 0.2) is 78.9 Å². The van der Waals surface area contributed by atoms with Crippen molar-refractivity contribution in [1.29, 1.82) is 0 Å². The van der Waals surface area contributed by atoms with Gasteiger partial charge in [-0.3, -0.25) is 9.59 Å². The molecule has 3 aromatic carbocycles. The number of amides is 2. The van der Waals surface area contributed by atoms with Gasteiger partial charge in [-0.2, -0.15) is 0 Å². The van der Waals surface area contributed by atoms with Crippen LogP contribution in [0.4, 0.5) is 5.69 Å². The van der Waals surface area contributed by atoms with Crippen molar-refractivity contribution in [3.05, 3.63) is 101 Å². The van der Waals surface area contributed by atoms with E-state index < -0.39 is 6.04 Å². The zero-order valence-electron chi connectivity index (χ0n) is 17.3. The Balaban J connectivity index is 1.61. The molecule has 0 spiro atoms. The number of carbonyl (C=O) groups excluding carboxylic acids is 2. The van der Waals surface area contributed by atoms with Crippen LogP contribution in [0.25, 0.3) is 0 Å². The third-order valence-electron chi connectivity index (χ3n) is 5.88. The first-order chi connectivity index (χ1) is 14.6. The van der Waals surface area contributed by atoms with E-state index in [0.717, 1.165) is 23.2 Å². The Kier molecular flexibility index (Phi) is 5.66. The number of rotatable bonds is 6. The molecule has 1 N–H and O–H groups in total. The highest BCUT2D eigenvalue weighted by Crippen LogP contribution is 2.32. The largest absolute Gasteiger partial charge is 0.324 e. The van der Waals surface area contributed by atoms with E-state index >= 15 is 0 Å². The predicted molar refractivity (Wildman–Crippen MR) is 119 cm³/mol. The lowest BCUT2D eigenvalue weighted by atomic mass is 9.98. The van der Waals surface area contributed by atoms with E-state index in [-0.39, 0.29) is 11.8 Å². The molecule has 0 fully saturated rings. The van der Waals surface area contributed by atoms with Gasteiger partial charge in [0.1, 0.15) is 6.04 Å². The van der Waals surface area contributed by atoms with Crippen molar-refractivity contribution in [1.82, 2.24) is 4.90 Å². The molecule has 152 valence electrons. The Morgan fingerprint density at radius 3 is 2.27 bits per heavy atom. The quantitative estimate of drug-likeness (QED) is 0.593. The fourth-order valence-corrected chi connectivity index (χ4v) is 3.93. The summed E-state index contributed by atoms with van der Waals surface area (Å²) in [4.78, 5) is 28.1. The van der Waals surface area contributed by atoms with Crippen LogP contribution in [0, 0.1) is 0 Å². The second-order valence-electron chi connectivity index (χ2n) is 7.82. The van der Waals surface area contributed by atoms with Gasteiger partial charge >= 0.3 is 0 Å². The number of hydrogen-bond acceptors (Lipinski definition) is 2. The molecule has 4 rings (SSSR count). The molecule has 4 nitrogen and oxygen atoms in total. The van der Waals surface area contributed by atoms with E-state index in [0.29, 0.717) is 18.0 Å². The van der Waals surface area contributed by atoms with Gasteiger partial charge in [-0.25, -0.2) is 0 Å². The number of nitrogens with one attached hydrogen (secondary N) is 1. The molecular formula is C26H26N2O2. The van der Waals surface area contributed by atoms with Gasteiger partial charge in [-0.15, -0.1) is 0 Å². The molecule has 0 aliphatic carbocycles. The summed E-state index contributed by atoms with van der Waals surface area (Å²) in [7, 11) is 0. The number of anilines is 1. The summed E-state index contributed by atoms with van der Waals surface area (Å²) in [5, 5.41) is 3.02. The van der Waals surface area contributed by atoms with Crippen LogP contribution >= 0.6 is 0 Å². The molecule has 3 aromatic rings. The maximum atomic E-state index is 13.4. The Morgan fingerprint density at radius 1 is 0.933 bits per heavy atom. The fraction of sp³-hybridized carbons (Fsp3) is 0.231. The van der Waals surface area contributed by atoms with E-state index in [1.807, 2.05) is 66.7 Å². The van der Waals surface area contributed by atoms with Crippen LogP contribution in [-0.2, 0) is 11.3 Å². The van der Waals surface area contributed by atoms with Gasteiger partial charge in [0.05, 0.1) is 0 Å². The van der Waals surface area contributed by atoms with E-state index in [1.165, 1.54) is 5.56 Å². The Morgan fingerprint density at radius 2 is 1.60 bits per heavy atom. The van der Waals surface area contributed by atoms with E-state index in [4.69, 9.17) is 0 Å². The average Bonchev–Trinajstić information content (AvgIpc) is 3.11. The van der Waals surface area contributed by atoms with Gasteiger partial charge in [0, 0.05) is 17.8 Å². The molecule has 4 heteroatoms. The molecule has 0 saturated carbocycles. The van der Waals surface area contributed by atoms with Gasteiger partial charge in [0.15, 0.2) is 0 Å². The van der Waals surface area contributed by atoms with Crippen molar-refractivity contribution in [2.45, 2.75) is 38.8 Å². The number of benzene rings is 3. The average molecular weight is 399 g/mol. The second-order valence-corrected chi connectivity index (χ2v) is 7.82. The minimum absolute atomic E-state index is 0.110. The lowest BCUT2D eigenvalue weighted by molar-refractivity contribution is -0.120. The van der Waals surface area contributed by atoms with Crippen molar-refractivity contribution >= 4 is 17.5 Å². The molecule has 0 saturated heterocycles. The molecule has 2 unspecified atom stereocenters. The van der Waals surface area contributed by atoms with Gasteiger partial charge in [-0.1, -0.05) is 74.5 Å². The van der Waals surface area contributed by atoms with Gasteiger partial charge in [-0.05, 0) is 47.2 Å². The van der Waals surface area contributed by atoms with E-state index in [1.54, 1.807) is 4.90 Å². The maximum Gasteiger partial charge on any atom is 0.255 e. The van der Waals surface area contributed by atoms with Crippen LogP contribution in [0.5, 0.6) is 0 Å². The minimum Gasteiger partial charge on any atom is -0.324 e. The number of hydrogen-bond donors (Lipinski definition) is 1. The first-order valence-electron chi connectivity index (χ1n) is 10.4. The highest BCUT2D eigenvalue weighted by molar-refractivity contribution is 6.03. The fourth-order valence-electron chi connectivity index (χ4n) is 3.93. The summed E-state index contributed by atoms with van der Waals surface area (Å²) >= 11 is 0. The van der Waals surface area contributed by atoms with Gasteiger partial charge < -0.3 is 10.2 Å². The van der Waals surface area contributed by atoms with E-state index in [9.17, 15) is 9.59 Å². The molecule has 0 bridgehead atoms. The predicted octanol–water partition coefficient (Wildman–Crippen LogP) is 5.54. The summed E-state index contributed by atoms with van der Waals surface area (Å²) in [6.45, 7) is 4.78. The van der Waals surface area contributed by atoms with E-state index in [2.05, 4.69) is 31.3 Å². The monoisotopic (exact) mass is 398 g/mol. The van der Waals surface area contributed by atoms with Crippen molar-refractivity contribution in [3.63, 3.8) is 0 Å². The summed E-state index contributed by atoms with van der Waals surface area (Å²) in [5.74, 6) is 0.160. The lowest BCUT2D eigenvalue weighted by Crippen LogP contribution is -2.37. The molecule has 30 heavy (non-hydrogen) atoms. The molecule has 0 aromatic heterocycles. The van der Waals surface area contributed by atoms with Crippen LogP contribution < -0.4 is 5.32 Å². The molecule has 2 atom stereocenters. The van der Waals surface area contributed by atoms with Crippen LogP contribution in [0.1, 0.15) is 59.3 Å².